The normalized spacial score (nSPS) is 12.7. The van der Waals surface area contributed by atoms with Crippen LogP contribution in [0.4, 0.5) is 0 Å². The van der Waals surface area contributed by atoms with Crippen LogP contribution in [0, 0.1) is 0 Å². The van der Waals surface area contributed by atoms with Crippen LogP contribution >= 0.6 is 12.6 Å². The van der Waals surface area contributed by atoms with Crippen molar-refractivity contribution in [3.05, 3.63) is 57.4 Å². The van der Waals surface area contributed by atoms with Gasteiger partial charge in [0.05, 0.1) is 16.6 Å². The van der Waals surface area contributed by atoms with Crippen LogP contribution in [0.2, 0.25) is 0 Å². The smallest absolute Gasteiger partial charge is 0.330 e. The maximum atomic E-state index is 12.7. The molecule has 0 saturated heterocycles. The highest BCUT2D eigenvalue weighted by atomic mass is 32.1. The van der Waals surface area contributed by atoms with Gasteiger partial charge in [-0.05, 0) is 5.56 Å². The topological polar surface area (TPSA) is 48.9 Å². The lowest BCUT2D eigenvalue weighted by Crippen LogP contribution is -2.36. The van der Waals surface area contributed by atoms with Gasteiger partial charge in [-0.25, -0.2) is 4.79 Å². The van der Waals surface area contributed by atoms with E-state index in [1.807, 2.05) is 48.0 Å². The monoisotopic (exact) mass is 329 g/mol. The first-order valence-corrected chi connectivity index (χ1v) is 7.95. The number of aryl methyl sites for hydroxylation is 1. The van der Waals surface area contributed by atoms with E-state index in [0.717, 1.165) is 15.8 Å². The van der Waals surface area contributed by atoms with E-state index in [1.165, 1.54) is 11.6 Å². The fourth-order valence-electron chi connectivity index (χ4n) is 2.92. The van der Waals surface area contributed by atoms with E-state index >= 15 is 0 Å². The first-order valence-electron chi connectivity index (χ1n) is 7.44. The molecule has 3 rings (SSSR count). The number of thiol groups is 1. The van der Waals surface area contributed by atoms with Crippen molar-refractivity contribution in [1.82, 2.24) is 13.7 Å². The molecule has 0 fully saturated rings. The van der Waals surface area contributed by atoms with Crippen molar-refractivity contribution in [3.8, 4) is 11.3 Å². The van der Waals surface area contributed by atoms with Crippen molar-refractivity contribution in [1.29, 1.82) is 0 Å². The Morgan fingerprint density at radius 1 is 1.09 bits per heavy atom. The standard InChI is InChI=1S/C17H19N3O2S/c1-11(23)9-20-10-13-14(15(20)12-7-5-4-6-8-12)16(21)19(3)17(22)18(13)2/h4-8,10-11,23H,9H2,1-3H3. The second-order valence-corrected chi connectivity index (χ2v) is 6.69. The molecule has 0 bridgehead atoms. The lowest BCUT2D eigenvalue weighted by Gasteiger charge is -2.11. The van der Waals surface area contributed by atoms with Crippen LogP contribution in [0.25, 0.3) is 22.2 Å². The fourth-order valence-corrected chi connectivity index (χ4v) is 3.10. The molecule has 0 N–H and O–H groups in total. The molecule has 2 aromatic heterocycles. The molecule has 23 heavy (non-hydrogen) atoms. The number of nitrogens with zero attached hydrogens (tertiary/aromatic N) is 3. The van der Waals surface area contributed by atoms with Gasteiger partial charge < -0.3 is 4.57 Å². The van der Waals surface area contributed by atoms with Crippen LogP contribution in [-0.2, 0) is 20.6 Å². The summed E-state index contributed by atoms with van der Waals surface area (Å²) in [6, 6.07) is 9.76. The molecule has 0 aliphatic carbocycles. The van der Waals surface area contributed by atoms with Crippen molar-refractivity contribution < 1.29 is 0 Å². The molecule has 1 atom stereocenters. The van der Waals surface area contributed by atoms with Gasteiger partial charge >= 0.3 is 5.69 Å². The largest absolute Gasteiger partial charge is 0.344 e. The van der Waals surface area contributed by atoms with Crippen molar-refractivity contribution in [2.24, 2.45) is 14.1 Å². The predicted octanol–water partition coefficient (Wildman–Crippen LogP) is 2.02. The summed E-state index contributed by atoms with van der Waals surface area (Å²) in [5.74, 6) is 0. The van der Waals surface area contributed by atoms with E-state index in [9.17, 15) is 9.59 Å². The maximum Gasteiger partial charge on any atom is 0.330 e. The minimum Gasteiger partial charge on any atom is -0.344 e. The van der Waals surface area contributed by atoms with Crippen LogP contribution in [0.3, 0.4) is 0 Å². The zero-order valence-electron chi connectivity index (χ0n) is 13.4. The fraction of sp³-hybridized carbons (Fsp3) is 0.294. The molecule has 0 radical (unpaired) electrons. The lowest BCUT2D eigenvalue weighted by atomic mass is 10.1. The van der Waals surface area contributed by atoms with Gasteiger partial charge in [0.25, 0.3) is 5.56 Å². The average molecular weight is 329 g/mol. The third-order valence-electron chi connectivity index (χ3n) is 4.02. The Labute approximate surface area is 139 Å². The Morgan fingerprint density at radius 2 is 1.74 bits per heavy atom. The summed E-state index contributed by atoms with van der Waals surface area (Å²) in [6.45, 7) is 2.65. The van der Waals surface area contributed by atoms with Crippen molar-refractivity contribution >= 4 is 23.5 Å². The third kappa shape index (κ3) is 2.53. The SMILES string of the molecule is CC(S)Cn1cc2c(c1-c1ccccc1)c(=O)n(C)c(=O)n2C. The number of aromatic nitrogens is 3. The number of hydrogen-bond donors (Lipinski definition) is 1. The Balaban J connectivity index is 2.49. The molecule has 0 amide bonds. The quantitative estimate of drug-likeness (QED) is 0.748. The van der Waals surface area contributed by atoms with E-state index in [2.05, 4.69) is 12.6 Å². The lowest BCUT2D eigenvalue weighted by molar-refractivity contribution is 0.702. The average Bonchev–Trinajstić information content (AvgIpc) is 2.90. The summed E-state index contributed by atoms with van der Waals surface area (Å²) < 4.78 is 4.69. The highest BCUT2D eigenvalue weighted by Gasteiger charge is 2.19. The number of benzene rings is 1. The first kappa shape index (κ1) is 15.7. The summed E-state index contributed by atoms with van der Waals surface area (Å²) in [6.07, 6.45) is 1.87. The van der Waals surface area contributed by atoms with E-state index in [4.69, 9.17) is 0 Å². The van der Waals surface area contributed by atoms with E-state index in [-0.39, 0.29) is 16.5 Å². The Morgan fingerprint density at radius 3 is 2.35 bits per heavy atom. The molecule has 1 aromatic carbocycles. The maximum absolute atomic E-state index is 12.7. The molecule has 1 unspecified atom stereocenters. The summed E-state index contributed by atoms with van der Waals surface area (Å²) in [4.78, 5) is 24.9. The molecular formula is C17H19N3O2S. The number of fused-ring (bicyclic) bond motifs is 1. The van der Waals surface area contributed by atoms with Gasteiger partial charge in [-0.15, -0.1) is 0 Å². The van der Waals surface area contributed by atoms with Crippen molar-refractivity contribution in [2.75, 3.05) is 0 Å². The van der Waals surface area contributed by atoms with Gasteiger partial charge in [0.1, 0.15) is 0 Å². The van der Waals surface area contributed by atoms with Gasteiger partial charge in [-0.3, -0.25) is 13.9 Å². The Bertz CT molecular complexity index is 981. The van der Waals surface area contributed by atoms with Gasteiger partial charge in [-0.1, -0.05) is 37.3 Å². The van der Waals surface area contributed by atoms with Crippen molar-refractivity contribution in [2.45, 2.75) is 18.7 Å². The summed E-state index contributed by atoms with van der Waals surface area (Å²) >= 11 is 4.47. The molecule has 0 spiro atoms. The second kappa shape index (κ2) is 5.77. The molecular weight excluding hydrogens is 310 g/mol. The second-order valence-electron chi connectivity index (χ2n) is 5.81. The van der Waals surface area contributed by atoms with Crippen LogP contribution < -0.4 is 11.2 Å². The van der Waals surface area contributed by atoms with Gasteiger partial charge in [0.15, 0.2) is 0 Å². The zero-order valence-corrected chi connectivity index (χ0v) is 14.2. The summed E-state index contributed by atoms with van der Waals surface area (Å²) in [5, 5.41) is 0.690. The first-order chi connectivity index (χ1) is 10.9. The van der Waals surface area contributed by atoms with E-state index in [0.29, 0.717) is 17.4 Å². The van der Waals surface area contributed by atoms with E-state index < -0.39 is 0 Å². The molecule has 3 aromatic rings. The minimum atomic E-state index is -0.321. The van der Waals surface area contributed by atoms with Crippen LogP contribution in [0.5, 0.6) is 0 Å². The zero-order chi connectivity index (χ0) is 16.7. The van der Waals surface area contributed by atoms with Crippen LogP contribution in [-0.4, -0.2) is 19.0 Å². The highest BCUT2D eigenvalue weighted by Crippen LogP contribution is 2.28. The van der Waals surface area contributed by atoms with Crippen LogP contribution in [0.15, 0.2) is 46.1 Å². The Kier molecular flexibility index (Phi) is 3.93. The number of hydrogen-bond acceptors (Lipinski definition) is 3. The molecule has 0 saturated carbocycles. The molecule has 0 aliphatic heterocycles. The Hall–Kier alpha value is -2.21. The highest BCUT2D eigenvalue weighted by molar-refractivity contribution is 7.80. The van der Waals surface area contributed by atoms with E-state index in [1.54, 1.807) is 7.05 Å². The summed E-state index contributed by atoms with van der Waals surface area (Å²) in [7, 11) is 3.20. The summed E-state index contributed by atoms with van der Waals surface area (Å²) in [5.41, 5.74) is 1.83. The predicted molar refractivity (Wildman–Crippen MR) is 96.3 cm³/mol. The molecule has 6 heteroatoms. The van der Waals surface area contributed by atoms with Gasteiger partial charge in [0.2, 0.25) is 0 Å². The van der Waals surface area contributed by atoms with Crippen LogP contribution in [0.1, 0.15) is 6.92 Å². The van der Waals surface area contributed by atoms with Gasteiger partial charge in [-0.2, -0.15) is 12.6 Å². The number of rotatable bonds is 3. The molecule has 2 heterocycles. The molecule has 5 nitrogen and oxygen atoms in total. The molecule has 120 valence electrons. The molecule has 0 aliphatic rings. The third-order valence-corrected chi connectivity index (χ3v) is 4.18. The minimum absolute atomic E-state index is 0.125. The van der Waals surface area contributed by atoms with Crippen molar-refractivity contribution in [3.63, 3.8) is 0 Å². The van der Waals surface area contributed by atoms with Gasteiger partial charge in [0, 0.05) is 32.1 Å².